The number of likely N-dealkylation sites (N-methyl/N-ethyl adjacent to an activating group) is 1. The summed E-state index contributed by atoms with van der Waals surface area (Å²) in [4.78, 5) is 4.48. The molecule has 4 heteroatoms. The van der Waals surface area contributed by atoms with E-state index in [0.717, 1.165) is 30.9 Å². The molecule has 114 valence electrons. The van der Waals surface area contributed by atoms with Gasteiger partial charge in [-0.25, -0.2) is 0 Å². The van der Waals surface area contributed by atoms with Crippen molar-refractivity contribution in [2.24, 2.45) is 11.7 Å². The normalized spacial score (nSPS) is 13.0. The third-order valence-corrected chi connectivity index (χ3v) is 3.27. The van der Waals surface area contributed by atoms with Gasteiger partial charge in [-0.2, -0.15) is 0 Å². The minimum absolute atomic E-state index is 0.149. The number of aromatic hydroxyl groups is 1. The molecule has 1 unspecified atom stereocenters. The first-order valence-electron chi connectivity index (χ1n) is 7.29. The van der Waals surface area contributed by atoms with Gasteiger partial charge in [-0.05, 0) is 33.0 Å². The molecule has 1 rings (SSSR count). The molecule has 0 aromatic heterocycles. The number of nitrogens with zero attached hydrogens (tertiary/aromatic N) is 2. The number of hydrogen-bond acceptors (Lipinski definition) is 4. The zero-order valence-electron chi connectivity index (χ0n) is 13.4. The fraction of sp³-hybridized carbons (Fsp3) is 0.625. The third kappa shape index (κ3) is 5.02. The number of nitrogens with two attached hydrogens (primary N) is 1. The van der Waals surface area contributed by atoms with Crippen molar-refractivity contribution in [3.63, 3.8) is 0 Å². The van der Waals surface area contributed by atoms with Gasteiger partial charge in [-0.1, -0.05) is 19.9 Å². The Hall–Kier alpha value is -1.26. The quantitative estimate of drug-likeness (QED) is 0.805. The summed E-state index contributed by atoms with van der Waals surface area (Å²) in [5, 5.41) is 10.1. The molecule has 4 nitrogen and oxygen atoms in total. The van der Waals surface area contributed by atoms with E-state index in [-0.39, 0.29) is 11.8 Å². The van der Waals surface area contributed by atoms with Gasteiger partial charge in [0, 0.05) is 43.0 Å². The molecule has 0 amide bonds. The molecule has 0 saturated carbocycles. The second-order valence-electron chi connectivity index (χ2n) is 6.17. The van der Waals surface area contributed by atoms with Crippen LogP contribution in [0, 0.1) is 5.92 Å². The first-order chi connectivity index (χ1) is 9.31. The van der Waals surface area contributed by atoms with Gasteiger partial charge in [-0.3, -0.25) is 0 Å². The van der Waals surface area contributed by atoms with Gasteiger partial charge in [0.1, 0.15) is 5.75 Å². The molecular formula is C16H29N3O. The third-order valence-electron chi connectivity index (χ3n) is 3.27. The zero-order valence-corrected chi connectivity index (χ0v) is 13.4. The van der Waals surface area contributed by atoms with E-state index >= 15 is 0 Å². The van der Waals surface area contributed by atoms with Crippen LogP contribution in [-0.2, 0) is 0 Å². The van der Waals surface area contributed by atoms with Crippen molar-refractivity contribution in [3.05, 3.63) is 23.8 Å². The predicted molar refractivity (Wildman–Crippen MR) is 86.3 cm³/mol. The summed E-state index contributed by atoms with van der Waals surface area (Å²) in [6.45, 7) is 9.21. The molecule has 0 aliphatic carbocycles. The number of phenols is 1. The smallest absolute Gasteiger partial charge is 0.122 e. The fourth-order valence-electron chi connectivity index (χ4n) is 2.20. The van der Waals surface area contributed by atoms with Crippen LogP contribution in [0.1, 0.15) is 32.4 Å². The van der Waals surface area contributed by atoms with E-state index in [4.69, 9.17) is 5.73 Å². The Morgan fingerprint density at radius 3 is 2.25 bits per heavy atom. The molecule has 1 aromatic carbocycles. The van der Waals surface area contributed by atoms with E-state index < -0.39 is 0 Å². The number of benzene rings is 1. The van der Waals surface area contributed by atoms with Gasteiger partial charge in [0.15, 0.2) is 0 Å². The van der Waals surface area contributed by atoms with Crippen molar-refractivity contribution in [1.82, 2.24) is 4.90 Å². The minimum atomic E-state index is -0.149. The van der Waals surface area contributed by atoms with E-state index in [0.29, 0.717) is 5.92 Å². The highest BCUT2D eigenvalue weighted by Gasteiger charge is 2.12. The van der Waals surface area contributed by atoms with Crippen molar-refractivity contribution in [1.29, 1.82) is 0 Å². The van der Waals surface area contributed by atoms with E-state index in [1.165, 1.54) is 0 Å². The fourth-order valence-corrected chi connectivity index (χ4v) is 2.20. The van der Waals surface area contributed by atoms with Crippen LogP contribution in [0.5, 0.6) is 5.75 Å². The molecule has 0 radical (unpaired) electrons. The molecular weight excluding hydrogens is 250 g/mol. The lowest BCUT2D eigenvalue weighted by Gasteiger charge is -2.28. The summed E-state index contributed by atoms with van der Waals surface area (Å²) >= 11 is 0. The first-order valence-corrected chi connectivity index (χ1v) is 7.29. The highest BCUT2D eigenvalue weighted by molar-refractivity contribution is 5.54. The van der Waals surface area contributed by atoms with Crippen molar-refractivity contribution < 1.29 is 5.11 Å². The molecule has 1 aromatic rings. The van der Waals surface area contributed by atoms with E-state index in [1.54, 1.807) is 0 Å². The molecule has 0 fully saturated rings. The second-order valence-corrected chi connectivity index (χ2v) is 6.17. The average Bonchev–Trinajstić information content (AvgIpc) is 2.33. The summed E-state index contributed by atoms with van der Waals surface area (Å²) in [7, 11) is 4.15. The molecule has 0 heterocycles. The SMILES string of the molecule is CC(C)CN(CCN(C)C)c1ccc(C(C)N)c(O)c1. The van der Waals surface area contributed by atoms with Crippen LogP contribution in [0.4, 0.5) is 5.69 Å². The second kappa shape index (κ2) is 7.50. The molecule has 0 saturated heterocycles. The standard InChI is InChI=1S/C16H29N3O/c1-12(2)11-19(9-8-18(4)5)14-6-7-15(13(3)17)16(20)10-14/h6-7,10,12-13,20H,8-9,11,17H2,1-5H3. The van der Waals surface area contributed by atoms with Crippen molar-refractivity contribution >= 4 is 5.69 Å². The monoisotopic (exact) mass is 279 g/mol. The van der Waals surface area contributed by atoms with Gasteiger partial charge in [0.05, 0.1) is 0 Å². The Morgan fingerprint density at radius 1 is 1.15 bits per heavy atom. The lowest BCUT2D eigenvalue weighted by molar-refractivity contribution is 0.408. The Morgan fingerprint density at radius 2 is 1.80 bits per heavy atom. The largest absolute Gasteiger partial charge is 0.508 e. The van der Waals surface area contributed by atoms with E-state index in [2.05, 4.69) is 43.8 Å². The lowest BCUT2D eigenvalue weighted by atomic mass is 10.1. The summed E-state index contributed by atoms with van der Waals surface area (Å²) in [6, 6.07) is 5.66. The molecule has 0 spiro atoms. The number of anilines is 1. The summed E-state index contributed by atoms with van der Waals surface area (Å²) in [5.74, 6) is 0.864. The molecule has 3 N–H and O–H groups in total. The van der Waals surface area contributed by atoms with Crippen LogP contribution in [-0.4, -0.2) is 43.7 Å². The Labute approximate surface area is 123 Å². The van der Waals surface area contributed by atoms with Gasteiger partial charge < -0.3 is 20.6 Å². The highest BCUT2D eigenvalue weighted by Crippen LogP contribution is 2.28. The molecule has 0 aliphatic heterocycles. The van der Waals surface area contributed by atoms with Crippen LogP contribution in [0.2, 0.25) is 0 Å². The average molecular weight is 279 g/mol. The number of hydrogen-bond donors (Lipinski definition) is 2. The van der Waals surface area contributed by atoms with Gasteiger partial charge >= 0.3 is 0 Å². The van der Waals surface area contributed by atoms with Crippen molar-refractivity contribution in [3.8, 4) is 5.75 Å². The Kier molecular flexibility index (Phi) is 6.30. The van der Waals surface area contributed by atoms with Gasteiger partial charge in [-0.15, -0.1) is 0 Å². The van der Waals surface area contributed by atoms with Gasteiger partial charge in [0.2, 0.25) is 0 Å². The molecule has 0 bridgehead atoms. The molecule has 20 heavy (non-hydrogen) atoms. The van der Waals surface area contributed by atoms with E-state index in [9.17, 15) is 5.11 Å². The van der Waals surface area contributed by atoms with Crippen LogP contribution in [0.25, 0.3) is 0 Å². The Balaban J connectivity index is 2.92. The maximum absolute atomic E-state index is 10.1. The van der Waals surface area contributed by atoms with Crippen LogP contribution >= 0.6 is 0 Å². The van der Waals surface area contributed by atoms with Crippen LogP contribution in [0.15, 0.2) is 18.2 Å². The Bertz CT molecular complexity index is 416. The van der Waals surface area contributed by atoms with E-state index in [1.807, 2.05) is 19.1 Å². The summed E-state index contributed by atoms with van der Waals surface area (Å²) in [5.41, 5.74) is 7.69. The maximum atomic E-state index is 10.1. The highest BCUT2D eigenvalue weighted by atomic mass is 16.3. The van der Waals surface area contributed by atoms with Crippen LogP contribution < -0.4 is 10.6 Å². The summed E-state index contributed by atoms with van der Waals surface area (Å²) in [6.07, 6.45) is 0. The number of phenolic OH excluding ortho intramolecular Hbond substituents is 1. The topological polar surface area (TPSA) is 52.7 Å². The minimum Gasteiger partial charge on any atom is -0.508 e. The van der Waals surface area contributed by atoms with Gasteiger partial charge in [0.25, 0.3) is 0 Å². The van der Waals surface area contributed by atoms with Crippen molar-refractivity contribution in [2.75, 3.05) is 38.6 Å². The molecule has 1 atom stereocenters. The van der Waals surface area contributed by atoms with Crippen molar-refractivity contribution in [2.45, 2.75) is 26.8 Å². The maximum Gasteiger partial charge on any atom is 0.122 e. The number of rotatable bonds is 7. The predicted octanol–water partition coefficient (Wildman–Crippen LogP) is 2.44. The molecule has 0 aliphatic rings. The zero-order chi connectivity index (χ0) is 15.3. The van der Waals surface area contributed by atoms with Crippen LogP contribution in [0.3, 0.4) is 0 Å². The lowest BCUT2D eigenvalue weighted by Crippen LogP contribution is -2.34. The summed E-state index contributed by atoms with van der Waals surface area (Å²) < 4.78 is 0. The first kappa shape index (κ1) is 16.8.